The van der Waals surface area contributed by atoms with Crippen LogP contribution < -0.4 is 0 Å². The molecule has 0 saturated heterocycles. The average Bonchev–Trinajstić information content (AvgIpc) is 2.33. The molecule has 0 amide bonds. The Kier molecular flexibility index (Phi) is 3.54. The molecule has 0 radical (unpaired) electrons. The van der Waals surface area contributed by atoms with Crippen LogP contribution in [0.4, 0.5) is 0 Å². The fourth-order valence-electron chi connectivity index (χ4n) is 1.27. The standard InChI is InChI=1S/C12H12N2OS/c1-9-6-13-12(14-7-9)16-11-5-3-2-4-10(11)8-15/h2-7,15H,8H2,1H3. The lowest BCUT2D eigenvalue weighted by atomic mass is 10.2. The van der Waals surface area contributed by atoms with Gasteiger partial charge >= 0.3 is 0 Å². The Hall–Kier alpha value is -1.39. The highest BCUT2D eigenvalue weighted by Crippen LogP contribution is 2.27. The van der Waals surface area contributed by atoms with E-state index in [1.165, 1.54) is 11.8 Å². The topological polar surface area (TPSA) is 46.0 Å². The number of aryl methyl sites for hydroxylation is 1. The maximum atomic E-state index is 9.19. The van der Waals surface area contributed by atoms with E-state index in [1.807, 2.05) is 31.2 Å². The molecule has 16 heavy (non-hydrogen) atoms. The molecule has 0 fully saturated rings. The number of aliphatic hydroxyl groups excluding tert-OH is 1. The molecule has 0 saturated carbocycles. The van der Waals surface area contributed by atoms with Gasteiger partial charge in [-0.25, -0.2) is 9.97 Å². The maximum absolute atomic E-state index is 9.19. The number of benzene rings is 1. The van der Waals surface area contributed by atoms with Gasteiger partial charge in [0.25, 0.3) is 0 Å². The number of nitrogens with zero attached hydrogens (tertiary/aromatic N) is 2. The molecule has 1 heterocycles. The smallest absolute Gasteiger partial charge is 0.192 e. The summed E-state index contributed by atoms with van der Waals surface area (Å²) in [7, 11) is 0. The van der Waals surface area contributed by atoms with Gasteiger partial charge in [-0.3, -0.25) is 0 Å². The molecule has 4 heteroatoms. The summed E-state index contributed by atoms with van der Waals surface area (Å²) in [6, 6.07) is 7.71. The molecule has 0 spiro atoms. The van der Waals surface area contributed by atoms with E-state index in [-0.39, 0.29) is 6.61 Å². The van der Waals surface area contributed by atoms with E-state index in [9.17, 15) is 5.11 Å². The van der Waals surface area contributed by atoms with Crippen LogP contribution in [0.25, 0.3) is 0 Å². The first kappa shape index (κ1) is 11.1. The third-order valence-electron chi connectivity index (χ3n) is 2.10. The van der Waals surface area contributed by atoms with E-state index in [2.05, 4.69) is 9.97 Å². The zero-order valence-corrected chi connectivity index (χ0v) is 9.74. The highest BCUT2D eigenvalue weighted by Gasteiger charge is 2.04. The molecule has 3 nitrogen and oxygen atoms in total. The number of hydrogen-bond donors (Lipinski definition) is 1. The third-order valence-corrected chi connectivity index (χ3v) is 3.11. The van der Waals surface area contributed by atoms with Crippen molar-refractivity contribution in [2.75, 3.05) is 0 Å². The van der Waals surface area contributed by atoms with Crippen LogP contribution in [0, 0.1) is 6.92 Å². The third kappa shape index (κ3) is 2.59. The fourth-order valence-corrected chi connectivity index (χ4v) is 2.08. The van der Waals surface area contributed by atoms with Crippen LogP contribution in [-0.2, 0) is 6.61 Å². The summed E-state index contributed by atoms with van der Waals surface area (Å²) in [6.07, 6.45) is 3.58. The predicted molar refractivity (Wildman–Crippen MR) is 63.3 cm³/mol. The minimum Gasteiger partial charge on any atom is -0.392 e. The Morgan fingerprint density at radius 2 is 1.88 bits per heavy atom. The van der Waals surface area contributed by atoms with E-state index in [0.717, 1.165) is 16.0 Å². The van der Waals surface area contributed by atoms with Crippen molar-refractivity contribution in [2.45, 2.75) is 23.6 Å². The summed E-state index contributed by atoms with van der Waals surface area (Å²) in [6.45, 7) is 1.99. The molecule has 0 aliphatic carbocycles. The monoisotopic (exact) mass is 232 g/mol. The Morgan fingerprint density at radius 1 is 1.19 bits per heavy atom. The first-order valence-electron chi connectivity index (χ1n) is 4.95. The summed E-state index contributed by atoms with van der Waals surface area (Å²) in [5.41, 5.74) is 1.94. The number of rotatable bonds is 3. The van der Waals surface area contributed by atoms with Gasteiger partial charge in [0, 0.05) is 17.3 Å². The van der Waals surface area contributed by atoms with Crippen LogP contribution in [0.5, 0.6) is 0 Å². The number of aliphatic hydroxyl groups is 1. The molecule has 0 aliphatic heterocycles. The van der Waals surface area contributed by atoms with Gasteiger partial charge in [-0.2, -0.15) is 0 Å². The first-order valence-corrected chi connectivity index (χ1v) is 5.76. The van der Waals surface area contributed by atoms with Gasteiger partial charge in [-0.1, -0.05) is 18.2 Å². The lowest BCUT2D eigenvalue weighted by Gasteiger charge is -2.05. The molecule has 82 valence electrons. The Morgan fingerprint density at radius 3 is 2.56 bits per heavy atom. The second-order valence-electron chi connectivity index (χ2n) is 3.41. The van der Waals surface area contributed by atoms with Crippen molar-refractivity contribution >= 4 is 11.8 Å². The zero-order chi connectivity index (χ0) is 11.4. The highest BCUT2D eigenvalue weighted by molar-refractivity contribution is 7.99. The lowest BCUT2D eigenvalue weighted by Crippen LogP contribution is -1.90. The van der Waals surface area contributed by atoms with Gasteiger partial charge in [-0.15, -0.1) is 0 Å². The van der Waals surface area contributed by atoms with Crippen molar-refractivity contribution in [1.29, 1.82) is 0 Å². The van der Waals surface area contributed by atoms with Gasteiger partial charge in [0.15, 0.2) is 5.16 Å². The van der Waals surface area contributed by atoms with Crippen molar-refractivity contribution in [2.24, 2.45) is 0 Å². The summed E-state index contributed by atoms with van der Waals surface area (Å²) < 4.78 is 0. The molecular formula is C12H12N2OS. The normalized spacial score (nSPS) is 10.4. The first-order chi connectivity index (χ1) is 7.79. The zero-order valence-electron chi connectivity index (χ0n) is 8.92. The quantitative estimate of drug-likeness (QED) is 0.826. The number of aromatic nitrogens is 2. The molecule has 0 unspecified atom stereocenters. The molecule has 1 N–H and O–H groups in total. The van der Waals surface area contributed by atoms with Crippen LogP contribution in [0.1, 0.15) is 11.1 Å². The Labute approximate surface area is 98.6 Å². The van der Waals surface area contributed by atoms with E-state index < -0.39 is 0 Å². The van der Waals surface area contributed by atoms with Gasteiger partial charge in [0.2, 0.25) is 0 Å². The largest absolute Gasteiger partial charge is 0.392 e. The van der Waals surface area contributed by atoms with Crippen LogP contribution >= 0.6 is 11.8 Å². The molecular weight excluding hydrogens is 220 g/mol. The van der Waals surface area contributed by atoms with Crippen LogP contribution in [0.2, 0.25) is 0 Å². The van der Waals surface area contributed by atoms with Crippen molar-refractivity contribution in [3.8, 4) is 0 Å². The van der Waals surface area contributed by atoms with Gasteiger partial charge < -0.3 is 5.11 Å². The van der Waals surface area contributed by atoms with Crippen molar-refractivity contribution in [1.82, 2.24) is 9.97 Å². The second-order valence-corrected chi connectivity index (χ2v) is 4.42. The van der Waals surface area contributed by atoms with Gasteiger partial charge in [0.1, 0.15) is 0 Å². The highest BCUT2D eigenvalue weighted by atomic mass is 32.2. The van der Waals surface area contributed by atoms with Crippen molar-refractivity contribution in [3.63, 3.8) is 0 Å². The maximum Gasteiger partial charge on any atom is 0.192 e. The molecule has 2 aromatic rings. The SMILES string of the molecule is Cc1cnc(Sc2ccccc2CO)nc1. The van der Waals surface area contributed by atoms with E-state index in [0.29, 0.717) is 5.16 Å². The predicted octanol–water partition coefficient (Wildman–Crippen LogP) is 2.43. The van der Waals surface area contributed by atoms with Gasteiger partial charge in [-0.05, 0) is 35.9 Å². The van der Waals surface area contributed by atoms with Crippen LogP contribution in [0.15, 0.2) is 46.7 Å². The van der Waals surface area contributed by atoms with Crippen molar-refractivity contribution < 1.29 is 5.11 Å². The molecule has 2 rings (SSSR count). The average molecular weight is 232 g/mol. The summed E-state index contributed by atoms with van der Waals surface area (Å²) >= 11 is 1.47. The van der Waals surface area contributed by atoms with E-state index in [1.54, 1.807) is 12.4 Å². The minimum atomic E-state index is 0.0367. The Balaban J connectivity index is 2.23. The molecule has 0 bridgehead atoms. The fraction of sp³-hybridized carbons (Fsp3) is 0.167. The molecule has 1 aromatic carbocycles. The minimum absolute atomic E-state index is 0.0367. The van der Waals surface area contributed by atoms with E-state index >= 15 is 0 Å². The van der Waals surface area contributed by atoms with Crippen LogP contribution in [0.3, 0.4) is 0 Å². The Bertz CT molecular complexity index is 471. The lowest BCUT2D eigenvalue weighted by molar-refractivity contribution is 0.279. The summed E-state index contributed by atoms with van der Waals surface area (Å²) in [5, 5.41) is 9.89. The van der Waals surface area contributed by atoms with E-state index in [4.69, 9.17) is 0 Å². The second kappa shape index (κ2) is 5.09. The molecule has 0 atom stereocenters. The molecule has 1 aromatic heterocycles. The van der Waals surface area contributed by atoms with Gasteiger partial charge in [0.05, 0.1) is 6.61 Å². The van der Waals surface area contributed by atoms with Crippen LogP contribution in [-0.4, -0.2) is 15.1 Å². The summed E-state index contributed by atoms with van der Waals surface area (Å²) in [5.74, 6) is 0. The summed E-state index contributed by atoms with van der Waals surface area (Å²) in [4.78, 5) is 9.43. The number of hydrogen-bond acceptors (Lipinski definition) is 4. The van der Waals surface area contributed by atoms with Crippen molar-refractivity contribution in [3.05, 3.63) is 47.8 Å². The molecule has 0 aliphatic rings.